The van der Waals surface area contributed by atoms with E-state index >= 15 is 0 Å². The van der Waals surface area contributed by atoms with Gasteiger partial charge in [0, 0.05) is 12.7 Å². The summed E-state index contributed by atoms with van der Waals surface area (Å²) in [6, 6.07) is 15.0. The molecule has 3 aromatic rings. The fourth-order valence-corrected chi connectivity index (χ4v) is 2.69. The number of thiocarbonyl (C=S) groups is 1. The van der Waals surface area contributed by atoms with Gasteiger partial charge in [-0.25, -0.2) is 0 Å². The molecule has 140 valence electrons. The van der Waals surface area contributed by atoms with Crippen molar-refractivity contribution in [3.05, 3.63) is 83.7 Å². The Kier molecular flexibility index (Phi) is 5.75. The third-order valence-corrected chi connectivity index (χ3v) is 4.03. The van der Waals surface area contributed by atoms with E-state index in [-0.39, 0.29) is 6.54 Å². The quantitative estimate of drug-likeness (QED) is 0.632. The number of hydrogen-bond donors (Lipinski definition) is 2. The van der Waals surface area contributed by atoms with E-state index in [0.29, 0.717) is 22.9 Å². The number of anilines is 1. The molecule has 1 heterocycles. The number of benzene rings is 2. The minimum Gasteiger partial charge on any atom is -0.358 e. The molecule has 0 amide bonds. The molecule has 27 heavy (non-hydrogen) atoms. The van der Waals surface area contributed by atoms with Crippen LogP contribution in [-0.4, -0.2) is 14.9 Å². The molecule has 0 aliphatic rings. The fraction of sp³-hybridized carbons (Fsp3) is 0.158. The van der Waals surface area contributed by atoms with Crippen LogP contribution in [-0.2, 0) is 19.3 Å². The van der Waals surface area contributed by atoms with Crippen LogP contribution in [0.5, 0.6) is 0 Å². The van der Waals surface area contributed by atoms with Crippen LogP contribution < -0.4 is 10.6 Å². The molecular weight excluding hydrogens is 373 g/mol. The molecule has 3 rings (SSSR count). The van der Waals surface area contributed by atoms with E-state index in [4.69, 9.17) is 12.2 Å². The molecule has 0 saturated carbocycles. The standard InChI is InChI=1S/C19H17F3N4S/c20-19(21,22)16-8-4-7-15(9-16)12-26-13-17(11-24-26)25-18(27)23-10-14-5-2-1-3-6-14/h1-9,11,13H,10,12H2,(H2,23,25,27). The second kappa shape index (κ2) is 8.22. The summed E-state index contributed by atoms with van der Waals surface area (Å²) >= 11 is 5.25. The summed E-state index contributed by atoms with van der Waals surface area (Å²) in [6.45, 7) is 0.820. The van der Waals surface area contributed by atoms with Crippen molar-refractivity contribution in [3.63, 3.8) is 0 Å². The van der Waals surface area contributed by atoms with Crippen molar-refractivity contribution in [2.45, 2.75) is 19.3 Å². The predicted molar refractivity (Wildman–Crippen MR) is 102 cm³/mol. The zero-order chi connectivity index (χ0) is 19.3. The molecule has 0 fully saturated rings. The summed E-state index contributed by atoms with van der Waals surface area (Å²) in [4.78, 5) is 0. The highest BCUT2D eigenvalue weighted by atomic mass is 32.1. The zero-order valence-corrected chi connectivity index (χ0v) is 15.0. The Morgan fingerprint density at radius 1 is 1.04 bits per heavy atom. The molecule has 0 aliphatic carbocycles. The van der Waals surface area contributed by atoms with Crippen molar-refractivity contribution in [3.8, 4) is 0 Å². The molecule has 0 radical (unpaired) electrons. The Morgan fingerprint density at radius 3 is 2.52 bits per heavy atom. The summed E-state index contributed by atoms with van der Waals surface area (Å²) in [5, 5.41) is 10.7. The summed E-state index contributed by atoms with van der Waals surface area (Å²) in [5.74, 6) is 0. The van der Waals surface area contributed by atoms with Crippen LogP contribution in [0, 0.1) is 0 Å². The number of aromatic nitrogens is 2. The van der Waals surface area contributed by atoms with Crippen molar-refractivity contribution in [1.82, 2.24) is 15.1 Å². The van der Waals surface area contributed by atoms with Gasteiger partial charge in [-0.15, -0.1) is 0 Å². The van der Waals surface area contributed by atoms with Crippen molar-refractivity contribution in [1.29, 1.82) is 0 Å². The third-order valence-electron chi connectivity index (χ3n) is 3.79. The molecular formula is C19H17F3N4S. The van der Waals surface area contributed by atoms with Crippen LogP contribution >= 0.6 is 12.2 Å². The number of rotatable bonds is 5. The summed E-state index contributed by atoms with van der Waals surface area (Å²) in [5.41, 5.74) is 1.61. The average Bonchev–Trinajstić information content (AvgIpc) is 3.07. The Bertz CT molecular complexity index is 907. The molecule has 0 unspecified atom stereocenters. The zero-order valence-electron chi connectivity index (χ0n) is 14.2. The van der Waals surface area contributed by atoms with Crippen LogP contribution in [0.2, 0.25) is 0 Å². The normalized spacial score (nSPS) is 11.2. The number of alkyl halides is 3. The van der Waals surface area contributed by atoms with E-state index in [2.05, 4.69) is 15.7 Å². The molecule has 2 aromatic carbocycles. The maximum absolute atomic E-state index is 12.8. The number of hydrogen-bond acceptors (Lipinski definition) is 2. The molecule has 1 aromatic heterocycles. The predicted octanol–water partition coefficient (Wildman–Crippen LogP) is 4.44. The van der Waals surface area contributed by atoms with Gasteiger partial charge in [0.2, 0.25) is 0 Å². The number of halogens is 3. The molecule has 4 nitrogen and oxygen atoms in total. The van der Waals surface area contributed by atoms with Crippen molar-refractivity contribution < 1.29 is 13.2 Å². The fourth-order valence-electron chi connectivity index (χ4n) is 2.50. The molecule has 0 bridgehead atoms. The van der Waals surface area contributed by atoms with E-state index in [1.54, 1.807) is 23.1 Å². The lowest BCUT2D eigenvalue weighted by molar-refractivity contribution is -0.137. The lowest BCUT2D eigenvalue weighted by Crippen LogP contribution is -2.27. The van der Waals surface area contributed by atoms with Gasteiger partial charge in [0.15, 0.2) is 5.11 Å². The molecule has 0 atom stereocenters. The lowest BCUT2D eigenvalue weighted by Gasteiger charge is -2.09. The van der Waals surface area contributed by atoms with Gasteiger partial charge in [0.05, 0.1) is 24.0 Å². The number of nitrogens with one attached hydrogen (secondary N) is 2. The van der Waals surface area contributed by atoms with Crippen LogP contribution in [0.15, 0.2) is 67.0 Å². The monoisotopic (exact) mass is 390 g/mol. The van der Waals surface area contributed by atoms with Gasteiger partial charge in [0.25, 0.3) is 0 Å². The first-order valence-corrected chi connectivity index (χ1v) is 8.58. The van der Waals surface area contributed by atoms with Gasteiger partial charge >= 0.3 is 6.18 Å². The van der Waals surface area contributed by atoms with Gasteiger partial charge in [-0.3, -0.25) is 4.68 Å². The van der Waals surface area contributed by atoms with Gasteiger partial charge in [-0.1, -0.05) is 42.5 Å². The highest BCUT2D eigenvalue weighted by Crippen LogP contribution is 2.29. The van der Waals surface area contributed by atoms with Crippen molar-refractivity contribution in [2.75, 3.05) is 5.32 Å². The first-order chi connectivity index (χ1) is 12.9. The Balaban J connectivity index is 1.56. The second-order valence-corrected chi connectivity index (χ2v) is 6.33. The van der Waals surface area contributed by atoms with Gasteiger partial charge < -0.3 is 10.6 Å². The summed E-state index contributed by atoms with van der Waals surface area (Å²) < 4.78 is 39.9. The van der Waals surface area contributed by atoms with Gasteiger partial charge in [0.1, 0.15) is 0 Å². The van der Waals surface area contributed by atoms with Crippen molar-refractivity contribution >= 4 is 23.0 Å². The summed E-state index contributed by atoms with van der Waals surface area (Å²) in [6.07, 6.45) is -1.09. The van der Waals surface area contributed by atoms with Crippen LogP contribution in [0.3, 0.4) is 0 Å². The molecule has 2 N–H and O–H groups in total. The topological polar surface area (TPSA) is 41.9 Å². The van der Waals surface area contributed by atoms with Crippen molar-refractivity contribution in [2.24, 2.45) is 0 Å². The number of nitrogens with zero attached hydrogens (tertiary/aromatic N) is 2. The van der Waals surface area contributed by atoms with Gasteiger partial charge in [-0.2, -0.15) is 18.3 Å². The van der Waals surface area contributed by atoms with E-state index in [9.17, 15) is 13.2 Å². The lowest BCUT2D eigenvalue weighted by atomic mass is 10.1. The Morgan fingerprint density at radius 2 is 1.78 bits per heavy atom. The third kappa shape index (κ3) is 5.55. The summed E-state index contributed by atoms with van der Waals surface area (Å²) in [7, 11) is 0. The average molecular weight is 390 g/mol. The Hall–Kier alpha value is -2.87. The van der Waals surface area contributed by atoms with E-state index in [1.165, 1.54) is 6.07 Å². The first-order valence-electron chi connectivity index (χ1n) is 8.17. The molecule has 8 heteroatoms. The molecule has 0 spiro atoms. The minimum atomic E-state index is -4.36. The van der Waals surface area contributed by atoms with E-state index in [0.717, 1.165) is 17.7 Å². The molecule has 0 saturated heterocycles. The Labute approximate surface area is 160 Å². The second-order valence-electron chi connectivity index (χ2n) is 5.92. The maximum atomic E-state index is 12.8. The maximum Gasteiger partial charge on any atom is 0.416 e. The van der Waals surface area contributed by atoms with Gasteiger partial charge in [-0.05, 0) is 35.5 Å². The SMILES string of the molecule is FC(F)(F)c1cccc(Cn2cc(NC(=S)NCc3ccccc3)cn2)c1. The van der Waals surface area contributed by atoms with Crippen LogP contribution in [0.4, 0.5) is 18.9 Å². The van der Waals surface area contributed by atoms with E-state index < -0.39 is 11.7 Å². The largest absolute Gasteiger partial charge is 0.416 e. The minimum absolute atomic E-state index is 0.232. The first kappa shape index (κ1) is 18.9. The highest BCUT2D eigenvalue weighted by Gasteiger charge is 2.30. The van der Waals surface area contributed by atoms with Crippen LogP contribution in [0.1, 0.15) is 16.7 Å². The molecule has 0 aliphatic heterocycles. The van der Waals surface area contributed by atoms with Crippen LogP contribution in [0.25, 0.3) is 0 Å². The highest BCUT2D eigenvalue weighted by molar-refractivity contribution is 7.80. The smallest absolute Gasteiger partial charge is 0.358 e. The van der Waals surface area contributed by atoms with E-state index in [1.807, 2.05) is 30.3 Å².